The van der Waals surface area contributed by atoms with Gasteiger partial charge in [0.1, 0.15) is 23.5 Å². The van der Waals surface area contributed by atoms with Crippen molar-refractivity contribution < 1.29 is 32.2 Å². The zero-order chi connectivity index (χ0) is 28.8. The van der Waals surface area contributed by atoms with Gasteiger partial charge in [0.25, 0.3) is 15.9 Å². The van der Waals surface area contributed by atoms with Crippen LogP contribution < -0.4 is 14.2 Å². The topological polar surface area (TPSA) is 135 Å². The maximum absolute atomic E-state index is 13.4. The summed E-state index contributed by atoms with van der Waals surface area (Å²) in [5, 5.41) is 9.00. The molecule has 0 spiro atoms. The Morgan fingerprint density at radius 1 is 0.950 bits per heavy atom. The van der Waals surface area contributed by atoms with Gasteiger partial charge in [-0.25, -0.2) is 8.42 Å². The summed E-state index contributed by atoms with van der Waals surface area (Å²) in [7, 11) is -1.30. The van der Waals surface area contributed by atoms with Crippen molar-refractivity contribution in [1.82, 2.24) is 9.62 Å². The number of ether oxygens (including phenoxy) is 3. The number of carbonyl (C=O) groups excluding carboxylic acids is 2. The van der Waals surface area contributed by atoms with Crippen LogP contribution in [-0.2, 0) is 19.6 Å². The van der Waals surface area contributed by atoms with E-state index < -0.39 is 27.3 Å². The van der Waals surface area contributed by atoms with Crippen molar-refractivity contribution in [2.75, 3.05) is 39.9 Å². The van der Waals surface area contributed by atoms with Gasteiger partial charge in [-0.2, -0.15) is 5.26 Å². The standard InChI is InChI=1S/C29H29N3O7S/c1-37-20-40(35,36)31-28(34)29(15-16-32(18-29)27(33)24-9-11-25(38-2)12-10-24)19-39-26-13-7-23(8-14-26)22-5-3-21(17-30)4-6-22/h3-14H,15-16,18-20H2,1-2H3,(H,31,34). The normalized spacial score (nSPS) is 16.7. The summed E-state index contributed by atoms with van der Waals surface area (Å²) in [5.41, 5.74) is 1.51. The summed E-state index contributed by atoms with van der Waals surface area (Å²) in [4.78, 5) is 28.1. The van der Waals surface area contributed by atoms with E-state index in [0.717, 1.165) is 11.1 Å². The van der Waals surface area contributed by atoms with E-state index in [2.05, 4.69) is 10.8 Å². The van der Waals surface area contributed by atoms with Crippen LogP contribution in [0.25, 0.3) is 11.1 Å². The van der Waals surface area contributed by atoms with Crippen molar-refractivity contribution in [3.63, 3.8) is 0 Å². The first-order valence-corrected chi connectivity index (χ1v) is 14.0. The largest absolute Gasteiger partial charge is 0.497 e. The highest BCUT2D eigenvalue weighted by Gasteiger charge is 2.48. The van der Waals surface area contributed by atoms with Crippen LogP contribution in [0.4, 0.5) is 0 Å². The van der Waals surface area contributed by atoms with Gasteiger partial charge >= 0.3 is 0 Å². The van der Waals surface area contributed by atoms with Gasteiger partial charge in [-0.1, -0.05) is 24.3 Å². The molecular weight excluding hydrogens is 534 g/mol. The Bertz CT molecular complexity index is 1500. The molecule has 2 amide bonds. The molecular formula is C29H29N3O7S. The van der Waals surface area contributed by atoms with Gasteiger partial charge in [-0.3, -0.25) is 14.3 Å². The zero-order valence-electron chi connectivity index (χ0n) is 22.1. The van der Waals surface area contributed by atoms with E-state index in [1.54, 1.807) is 48.5 Å². The molecule has 1 N–H and O–H groups in total. The second-order valence-electron chi connectivity index (χ2n) is 9.44. The highest BCUT2D eigenvalue weighted by Crippen LogP contribution is 2.34. The average molecular weight is 564 g/mol. The summed E-state index contributed by atoms with van der Waals surface area (Å²) in [6, 6.07) is 23.1. The van der Waals surface area contributed by atoms with E-state index >= 15 is 0 Å². The lowest BCUT2D eigenvalue weighted by Gasteiger charge is -2.28. The summed E-state index contributed by atoms with van der Waals surface area (Å²) in [5.74, 6) is -0.647. The molecule has 0 aromatic heterocycles. The molecule has 3 aromatic carbocycles. The molecule has 1 heterocycles. The van der Waals surface area contributed by atoms with E-state index in [9.17, 15) is 18.0 Å². The van der Waals surface area contributed by atoms with E-state index in [-0.39, 0.29) is 32.0 Å². The van der Waals surface area contributed by atoms with Crippen LogP contribution in [0.1, 0.15) is 22.3 Å². The third-order valence-corrected chi connectivity index (χ3v) is 7.74. The van der Waals surface area contributed by atoms with Crippen LogP contribution in [0, 0.1) is 16.7 Å². The lowest BCUT2D eigenvalue weighted by Crippen LogP contribution is -2.49. The molecule has 0 bridgehead atoms. The third-order valence-electron chi connectivity index (χ3n) is 6.70. The first-order chi connectivity index (χ1) is 19.2. The molecule has 0 saturated carbocycles. The minimum Gasteiger partial charge on any atom is -0.497 e. The zero-order valence-corrected chi connectivity index (χ0v) is 22.9. The maximum atomic E-state index is 13.4. The first-order valence-electron chi connectivity index (χ1n) is 12.4. The number of rotatable bonds is 10. The molecule has 1 unspecified atom stereocenters. The number of nitriles is 1. The molecule has 40 heavy (non-hydrogen) atoms. The Hall–Kier alpha value is -4.40. The van der Waals surface area contributed by atoms with Gasteiger partial charge in [-0.05, 0) is 66.1 Å². The number of amides is 2. The van der Waals surface area contributed by atoms with Crippen molar-refractivity contribution in [3.8, 4) is 28.7 Å². The fourth-order valence-electron chi connectivity index (χ4n) is 4.47. The predicted octanol–water partition coefficient (Wildman–Crippen LogP) is 3.20. The van der Waals surface area contributed by atoms with Crippen LogP contribution >= 0.6 is 0 Å². The van der Waals surface area contributed by atoms with Crippen molar-refractivity contribution >= 4 is 21.8 Å². The maximum Gasteiger partial charge on any atom is 0.259 e. The number of methoxy groups -OCH3 is 2. The van der Waals surface area contributed by atoms with Gasteiger partial charge < -0.3 is 19.1 Å². The van der Waals surface area contributed by atoms with E-state index in [0.29, 0.717) is 22.6 Å². The molecule has 1 fully saturated rings. The molecule has 208 valence electrons. The number of nitrogens with zero attached hydrogens (tertiary/aromatic N) is 2. The second-order valence-corrected chi connectivity index (χ2v) is 11.1. The second kappa shape index (κ2) is 12.2. The molecule has 1 aliphatic rings. The smallest absolute Gasteiger partial charge is 0.259 e. The quantitative estimate of drug-likeness (QED) is 0.397. The summed E-state index contributed by atoms with van der Waals surface area (Å²) < 4.78 is 42.6. The lowest BCUT2D eigenvalue weighted by atomic mass is 9.87. The molecule has 0 aliphatic carbocycles. The van der Waals surface area contributed by atoms with Crippen molar-refractivity contribution in [3.05, 3.63) is 83.9 Å². The molecule has 11 heteroatoms. The SMILES string of the molecule is COCS(=O)(=O)NC(=O)C1(COc2ccc(-c3ccc(C#N)cc3)cc2)CCN(C(=O)c2ccc(OC)cc2)C1. The van der Waals surface area contributed by atoms with Crippen molar-refractivity contribution in [1.29, 1.82) is 5.26 Å². The minimum absolute atomic E-state index is 0.0322. The highest BCUT2D eigenvalue weighted by atomic mass is 32.2. The third kappa shape index (κ3) is 6.59. The monoisotopic (exact) mass is 563 g/mol. The molecule has 1 atom stereocenters. The molecule has 0 radical (unpaired) electrons. The van der Waals surface area contributed by atoms with Crippen molar-refractivity contribution in [2.24, 2.45) is 5.41 Å². The van der Waals surface area contributed by atoms with Gasteiger partial charge in [0, 0.05) is 25.8 Å². The first kappa shape index (κ1) is 28.6. The fraction of sp³-hybridized carbons (Fsp3) is 0.276. The Kier molecular flexibility index (Phi) is 8.72. The Morgan fingerprint density at radius 3 is 2.12 bits per heavy atom. The lowest BCUT2D eigenvalue weighted by molar-refractivity contribution is -0.130. The number of hydrogen-bond donors (Lipinski definition) is 1. The molecule has 1 aliphatic heterocycles. The number of likely N-dealkylation sites (tertiary alicyclic amines) is 1. The average Bonchev–Trinajstić information content (AvgIpc) is 3.42. The Balaban J connectivity index is 1.52. The summed E-state index contributed by atoms with van der Waals surface area (Å²) >= 11 is 0. The summed E-state index contributed by atoms with van der Waals surface area (Å²) in [6.07, 6.45) is 0.201. The number of carbonyl (C=O) groups is 2. The molecule has 3 aromatic rings. The number of sulfonamides is 1. The summed E-state index contributed by atoms with van der Waals surface area (Å²) in [6.45, 7) is 0.0586. The van der Waals surface area contributed by atoms with Crippen LogP contribution in [0.3, 0.4) is 0 Å². The number of nitrogens with one attached hydrogen (secondary N) is 1. The van der Waals surface area contributed by atoms with Gasteiger partial charge in [0.05, 0.1) is 18.7 Å². The molecule has 4 rings (SSSR count). The minimum atomic E-state index is -4.04. The van der Waals surface area contributed by atoms with Gasteiger partial charge in [0.15, 0.2) is 5.94 Å². The number of hydrogen-bond acceptors (Lipinski definition) is 8. The van der Waals surface area contributed by atoms with Crippen molar-refractivity contribution in [2.45, 2.75) is 6.42 Å². The Labute approximate surface area is 233 Å². The van der Waals surface area contributed by atoms with Gasteiger partial charge in [-0.15, -0.1) is 0 Å². The van der Waals surface area contributed by atoms with E-state index in [1.165, 1.54) is 19.1 Å². The van der Waals surface area contributed by atoms with Crippen LogP contribution in [-0.4, -0.2) is 65.0 Å². The highest BCUT2D eigenvalue weighted by molar-refractivity contribution is 7.89. The van der Waals surface area contributed by atoms with Crippen LogP contribution in [0.2, 0.25) is 0 Å². The van der Waals surface area contributed by atoms with E-state index in [1.807, 2.05) is 24.3 Å². The van der Waals surface area contributed by atoms with Crippen LogP contribution in [0.15, 0.2) is 72.8 Å². The number of benzene rings is 3. The van der Waals surface area contributed by atoms with Crippen LogP contribution in [0.5, 0.6) is 11.5 Å². The fourth-order valence-corrected chi connectivity index (χ4v) is 5.34. The predicted molar refractivity (Wildman–Crippen MR) is 147 cm³/mol. The molecule has 10 nitrogen and oxygen atoms in total. The molecule has 1 saturated heterocycles. The van der Waals surface area contributed by atoms with Gasteiger partial charge in [0.2, 0.25) is 5.91 Å². The van der Waals surface area contributed by atoms with E-state index in [4.69, 9.17) is 19.5 Å². The Morgan fingerprint density at radius 2 is 1.55 bits per heavy atom.